The number of aromatic nitrogens is 2. The molecule has 3 amide bonds. The SMILES string of the molecule is CC[C@@H](C)[C@H](NC(=O)N1CCn2c1nc1ccccc12)C(=O)N[C@@H](CC(C)C)C(=O)O. The van der Waals surface area contributed by atoms with Crippen LogP contribution in [0, 0.1) is 11.8 Å². The van der Waals surface area contributed by atoms with Crippen molar-refractivity contribution >= 4 is 34.9 Å². The number of fused-ring (bicyclic) bond motifs is 3. The summed E-state index contributed by atoms with van der Waals surface area (Å²) in [5, 5.41) is 14.9. The second kappa shape index (κ2) is 9.36. The molecule has 0 radical (unpaired) electrons. The summed E-state index contributed by atoms with van der Waals surface area (Å²) in [6.07, 6.45) is 0.969. The van der Waals surface area contributed by atoms with Crippen LogP contribution < -0.4 is 15.5 Å². The van der Waals surface area contributed by atoms with Gasteiger partial charge < -0.3 is 20.3 Å². The van der Waals surface area contributed by atoms with Crippen LogP contribution in [0.1, 0.15) is 40.5 Å². The quantitative estimate of drug-likeness (QED) is 0.596. The fourth-order valence-corrected chi connectivity index (χ4v) is 3.85. The van der Waals surface area contributed by atoms with Crippen LogP contribution in [0.3, 0.4) is 0 Å². The van der Waals surface area contributed by atoms with Crippen LogP contribution in [0.2, 0.25) is 0 Å². The summed E-state index contributed by atoms with van der Waals surface area (Å²) in [6.45, 7) is 8.67. The largest absolute Gasteiger partial charge is 0.480 e. The Morgan fingerprint density at radius 3 is 2.48 bits per heavy atom. The fourth-order valence-electron chi connectivity index (χ4n) is 3.85. The maximum atomic E-state index is 13.1. The van der Waals surface area contributed by atoms with Gasteiger partial charge in [-0.25, -0.2) is 14.6 Å². The number of carbonyl (C=O) groups excluding carboxylic acids is 2. The molecule has 2 heterocycles. The van der Waals surface area contributed by atoms with Crippen LogP contribution in [0.4, 0.5) is 10.7 Å². The number of benzene rings is 1. The molecule has 3 N–H and O–H groups in total. The first kappa shape index (κ1) is 22.6. The predicted molar refractivity (Wildman–Crippen MR) is 118 cm³/mol. The van der Waals surface area contributed by atoms with Gasteiger partial charge in [0.15, 0.2) is 0 Å². The highest BCUT2D eigenvalue weighted by molar-refractivity contribution is 5.97. The normalized spacial score (nSPS) is 16.1. The van der Waals surface area contributed by atoms with Crippen LogP contribution in [0.15, 0.2) is 24.3 Å². The lowest BCUT2D eigenvalue weighted by Crippen LogP contribution is -2.56. The minimum atomic E-state index is -1.08. The van der Waals surface area contributed by atoms with Gasteiger partial charge in [-0.05, 0) is 30.4 Å². The number of hydrogen-bond donors (Lipinski definition) is 3. The lowest BCUT2D eigenvalue weighted by molar-refractivity contribution is -0.142. The first-order chi connectivity index (χ1) is 14.7. The number of nitrogens with zero attached hydrogens (tertiary/aromatic N) is 3. The average molecular weight is 430 g/mol. The van der Waals surface area contributed by atoms with E-state index >= 15 is 0 Å². The zero-order valence-corrected chi connectivity index (χ0v) is 18.5. The van der Waals surface area contributed by atoms with Gasteiger partial charge in [0.05, 0.1) is 11.0 Å². The maximum Gasteiger partial charge on any atom is 0.326 e. The van der Waals surface area contributed by atoms with E-state index in [9.17, 15) is 19.5 Å². The van der Waals surface area contributed by atoms with Crippen molar-refractivity contribution in [3.8, 4) is 0 Å². The Kier molecular flexibility index (Phi) is 6.82. The average Bonchev–Trinajstić information content (AvgIpc) is 3.29. The Balaban J connectivity index is 1.76. The van der Waals surface area contributed by atoms with Crippen molar-refractivity contribution in [2.45, 2.75) is 59.2 Å². The van der Waals surface area contributed by atoms with Crippen molar-refractivity contribution in [3.63, 3.8) is 0 Å². The van der Waals surface area contributed by atoms with Crippen LogP contribution in [-0.2, 0) is 16.1 Å². The van der Waals surface area contributed by atoms with Gasteiger partial charge in [-0.1, -0.05) is 46.2 Å². The van der Waals surface area contributed by atoms with Gasteiger partial charge in [-0.15, -0.1) is 0 Å². The van der Waals surface area contributed by atoms with E-state index in [1.54, 1.807) is 0 Å². The Bertz CT molecular complexity index is 970. The van der Waals surface area contributed by atoms with Gasteiger partial charge in [0, 0.05) is 13.1 Å². The molecule has 0 saturated carbocycles. The van der Waals surface area contributed by atoms with Crippen molar-refractivity contribution < 1.29 is 19.5 Å². The molecular formula is C22H31N5O4. The van der Waals surface area contributed by atoms with Gasteiger partial charge in [-0.3, -0.25) is 9.69 Å². The number of amides is 3. The smallest absolute Gasteiger partial charge is 0.326 e. The number of anilines is 1. The van der Waals surface area contributed by atoms with Gasteiger partial charge in [0.1, 0.15) is 12.1 Å². The van der Waals surface area contributed by atoms with E-state index in [0.717, 1.165) is 11.0 Å². The summed E-state index contributed by atoms with van der Waals surface area (Å²) in [7, 11) is 0. The van der Waals surface area contributed by atoms with Gasteiger partial charge in [0.2, 0.25) is 11.9 Å². The minimum Gasteiger partial charge on any atom is -0.480 e. The van der Waals surface area contributed by atoms with Gasteiger partial charge in [-0.2, -0.15) is 0 Å². The molecule has 9 heteroatoms. The lowest BCUT2D eigenvalue weighted by Gasteiger charge is -2.27. The molecule has 1 aliphatic rings. The minimum absolute atomic E-state index is 0.107. The Labute approximate surface area is 181 Å². The van der Waals surface area contributed by atoms with Crippen molar-refractivity contribution in [1.29, 1.82) is 0 Å². The highest BCUT2D eigenvalue weighted by Gasteiger charge is 2.34. The molecule has 2 aromatic rings. The molecule has 31 heavy (non-hydrogen) atoms. The number of para-hydroxylation sites is 2. The first-order valence-electron chi connectivity index (χ1n) is 10.8. The van der Waals surface area contributed by atoms with Crippen molar-refractivity contribution in [2.24, 2.45) is 11.8 Å². The number of carboxylic acid groups (broad SMARTS) is 1. The molecular weight excluding hydrogens is 398 g/mol. The third-order valence-electron chi connectivity index (χ3n) is 5.76. The monoisotopic (exact) mass is 429 g/mol. The molecule has 168 valence electrons. The number of urea groups is 1. The summed E-state index contributed by atoms with van der Waals surface area (Å²) >= 11 is 0. The highest BCUT2D eigenvalue weighted by Crippen LogP contribution is 2.27. The Hall–Kier alpha value is -3.10. The number of imidazole rings is 1. The summed E-state index contributed by atoms with van der Waals surface area (Å²) in [6, 6.07) is 5.44. The van der Waals surface area contributed by atoms with E-state index in [4.69, 9.17) is 0 Å². The molecule has 0 unspecified atom stereocenters. The topological polar surface area (TPSA) is 117 Å². The van der Waals surface area contributed by atoms with Crippen LogP contribution >= 0.6 is 0 Å². The standard InChI is InChI=1S/C22H31N5O4/c1-5-14(4)18(19(28)23-16(20(29)30)12-13(2)3)25-22(31)27-11-10-26-17-9-7-6-8-15(17)24-21(26)27/h6-9,13-14,16,18H,5,10-12H2,1-4H3,(H,23,28)(H,25,31)(H,29,30)/t14-,16+,18+/m1/s1. The van der Waals surface area contributed by atoms with E-state index < -0.39 is 30.0 Å². The maximum absolute atomic E-state index is 13.1. The first-order valence-corrected chi connectivity index (χ1v) is 10.8. The number of rotatable bonds is 8. The summed E-state index contributed by atoms with van der Waals surface area (Å²) in [5.74, 6) is -1.08. The van der Waals surface area contributed by atoms with Gasteiger partial charge >= 0.3 is 12.0 Å². The summed E-state index contributed by atoms with van der Waals surface area (Å²) in [4.78, 5) is 43.7. The summed E-state index contributed by atoms with van der Waals surface area (Å²) < 4.78 is 1.98. The molecule has 9 nitrogen and oxygen atoms in total. The third kappa shape index (κ3) is 4.81. The van der Waals surface area contributed by atoms with Crippen molar-refractivity contribution in [3.05, 3.63) is 24.3 Å². The number of carbonyl (C=O) groups is 3. The molecule has 1 aromatic heterocycles. The van der Waals surface area contributed by atoms with Crippen LogP contribution in [-0.4, -0.2) is 51.2 Å². The lowest BCUT2D eigenvalue weighted by atomic mass is 9.97. The number of nitrogens with one attached hydrogen (secondary N) is 2. The third-order valence-corrected chi connectivity index (χ3v) is 5.76. The molecule has 1 aromatic carbocycles. The van der Waals surface area contributed by atoms with E-state index in [-0.39, 0.29) is 11.8 Å². The molecule has 0 fully saturated rings. The second-order valence-corrected chi connectivity index (χ2v) is 8.55. The molecule has 0 saturated heterocycles. The number of aliphatic carboxylic acids is 1. The van der Waals surface area contributed by atoms with E-state index in [0.29, 0.717) is 31.9 Å². The molecule has 0 aliphatic carbocycles. The van der Waals surface area contributed by atoms with Crippen LogP contribution in [0.25, 0.3) is 11.0 Å². The molecule has 1 aliphatic heterocycles. The predicted octanol–water partition coefficient (Wildman–Crippen LogP) is 2.60. The molecule has 0 spiro atoms. The molecule has 0 bridgehead atoms. The zero-order chi connectivity index (χ0) is 22.7. The zero-order valence-electron chi connectivity index (χ0n) is 18.5. The van der Waals surface area contributed by atoms with Crippen LogP contribution in [0.5, 0.6) is 0 Å². The fraction of sp³-hybridized carbons (Fsp3) is 0.545. The highest BCUT2D eigenvalue weighted by atomic mass is 16.4. The van der Waals surface area contributed by atoms with E-state index in [1.165, 1.54) is 4.90 Å². The van der Waals surface area contributed by atoms with Crippen molar-refractivity contribution in [1.82, 2.24) is 20.2 Å². The Morgan fingerprint density at radius 2 is 1.84 bits per heavy atom. The summed E-state index contributed by atoms with van der Waals surface area (Å²) in [5.41, 5.74) is 1.77. The number of carboxylic acids is 1. The molecule has 3 rings (SSSR count). The van der Waals surface area contributed by atoms with Crippen molar-refractivity contribution in [2.75, 3.05) is 11.4 Å². The van der Waals surface area contributed by atoms with E-state index in [2.05, 4.69) is 15.6 Å². The second-order valence-electron chi connectivity index (χ2n) is 8.55. The van der Waals surface area contributed by atoms with Gasteiger partial charge in [0.25, 0.3) is 0 Å². The Morgan fingerprint density at radius 1 is 1.13 bits per heavy atom. The number of hydrogen-bond acceptors (Lipinski definition) is 4. The molecule has 3 atom stereocenters. The van der Waals surface area contributed by atoms with E-state index in [1.807, 2.05) is 56.5 Å².